The topological polar surface area (TPSA) is 62.5 Å². The lowest BCUT2D eigenvalue weighted by Crippen LogP contribution is -2.49. The van der Waals surface area contributed by atoms with Crippen LogP contribution in [-0.4, -0.2) is 70.8 Å². The van der Waals surface area contributed by atoms with E-state index in [1.54, 1.807) is 4.57 Å². The maximum atomic E-state index is 12.6. The summed E-state index contributed by atoms with van der Waals surface area (Å²) in [6.07, 6.45) is 2.50. The van der Waals surface area contributed by atoms with Gasteiger partial charge in [0.2, 0.25) is 0 Å². The van der Waals surface area contributed by atoms with E-state index >= 15 is 0 Å². The predicted molar refractivity (Wildman–Crippen MR) is 108 cm³/mol. The lowest BCUT2D eigenvalue weighted by Gasteiger charge is -2.34. The number of unbranched alkanes of at least 4 members (excludes halogenated alkanes) is 1. The van der Waals surface area contributed by atoms with Crippen LogP contribution in [0.4, 0.5) is 4.79 Å². The van der Waals surface area contributed by atoms with E-state index in [-0.39, 0.29) is 11.7 Å². The van der Waals surface area contributed by atoms with E-state index in [1.165, 1.54) is 24.0 Å². The minimum absolute atomic E-state index is 0.277. The molecular weight excluding hydrogens is 342 g/mol. The molecule has 1 saturated heterocycles. The van der Waals surface area contributed by atoms with Crippen molar-refractivity contribution in [2.45, 2.75) is 33.2 Å². The van der Waals surface area contributed by atoms with Gasteiger partial charge in [0, 0.05) is 45.8 Å². The summed E-state index contributed by atoms with van der Waals surface area (Å²) >= 11 is 0. The number of amides is 1. The average molecular weight is 374 g/mol. The fraction of sp³-hybridized carbons (Fsp3) is 0.600. The summed E-state index contributed by atoms with van der Waals surface area (Å²) in [6.45, 7) is 11.5. The van der Waals surface area contributed by atoms with Crippen molar-refractivity contribution in [1.29, 1.82) is 0 Å². The molecule has 1 aromatic carbocycles. The Hall–Kier alpha value is -2.12. The standard InChI is InChI=1S/C20H31N5O2/c1-3-5-11-22-13-15-23(16-14-22)12-10-21-19(26)25-18-9-7-6-8-17(18)24(4-2)20(25)27/h6-9H,3-5,10-16H2,1-2H3,(H,21,26). The summed E-state index contributed by atoms with van der Waals surface area (Å²) in [4.78, 5) is 30.1. The first-order chi connectivity index (χ1) is 13.2. The molecule has 2 heterocycles. The van der Waals surface area contributed by atoms with Gasteiger partial charge in [0.1, 0.15) is 0 Å². The van der Waals surface area contributed by atoms with Crippen LogP contribution in [-0.2, 0) is 6.54 Å². The van der Waals surface area contributed by atoms with Crippen LogP contribution in [0.15, 0.2) is 29.1 Å². The molecule has 2 aromatic rings. The number of para-hydroxylation sites is 2. The van der Waals surface area contributed by atoms with Gasteiger partial charge in [-0.2, -0.15) is 0 Å². The fourth-order valence-corrected chi connectivity index (χ4v) is 3.73. The van der Waals surface area contributed by atoms with Gasteiger partial charge in [0.25, 0.3) is 0 Å². The third-order valence-corrected chi connectivity index (χ3v) is 5.35. The molecule has 0 aliphatic carbocycles. The number of carbonyl (C=O) groups is 1. The van der Waals surface area contributed by atoms with Gasteiger partial charge in [-0.3, -0.25) is 9.47 Å². The summed E-state index contributed by atoms with van der Waals surface area (Å²) < 4.78 is 2.88. The molecule has 1 aliphatic rings. The van der Waals surface area contributed by atoms with E-state index in [1.807, 2.05) is 31.2 Å². The number of imidazole rings is 1. The Kier molecular flexibility index (Phi) is 6.68. The van der Waals surface area contributed by atoms with E-state index < -0.39 is 0 Å². The van der Waals surface area contributed by atoms with E-state index in [0.717, 1.165) is 38.2 Å². The Morgan fingerprint density at radius 2 is 1.63 bits per heavy atom. The normalized spacial score (nSPS) is 16.1. The largest absolute Gasteiger partial charge is 0.337 e. The second kappa shape index (κ2) is 9.19. The molecule has 0 bridgehead atoms. The number of benzene rings is 1. The first kappa shape index (κ1) is 19.6. The minimum atomic E-state index is -0.343. The van der Waals surface area contributed by atoms with E-state index in [2.05, 4.69) is 22.0 Å². The lowest BCUT2D eigenvalue weighted by atomic mass is 10.2. The van der Waals surface area contributed by atoms with Crippen LogP contribution in [0.2, 0.25) is 0 Å². The van der Waals surface area contributed by atoms with E-state index in [4.69, 9.17) is 0 Å². The molecule has 7 heteroatoms. The van der Waals surface area contributed by atoms with Crippen molar-refractivity contribution in [3.8, 4) is 0 Å². The van der Waals surface area contributed by atoms with Crippen molar-refractivity contribution < 1.29 is 4.79 Å². The Morgan fingerprint density at radius 1 is 1.00 bits per heavy atom. The molecule has 0 atom stereocenters. The molecule has 27 heavy (non-hydrogen) atoms. The fourth-order valence-electron chi connectivity index (χ4n) is 3.73. The molecule has 0 saturated carbocycles. The number of piperazine rings is 1. The number of fused-ring (bicyclic) bond motifs is 1. The molecule has 0 spiro atoms. The molecule has 1 amide bonds. The monoisotopic (exact) mass is 373 g/mol. The minimum Gasteiger partial charge on any atom is -0.336 e. The molecule has 148 valence electrons. The second-order valence-corrected chi connectivity index (χ2v) is 7.12. The highest BCUT2D eigenvalue weighted by Crippen LogP contribution is 2.12. The number of rotatable bonds is 7. The Bertz CT molecular complexity index is 817. The number of hydrogen-bond acceptors (Lipinski definition) is 4. The number of aryl methyl sites for hydroxylation is 1. The third-order valence-electron chi connectivity index (χ3n) is 5.35. The number of aromatic nitrogens is 2. The third kappa shape index (κ3) is 4.42. The van der Waals surface area contributed by atoms with E-state index in [9.17, 15) is 9.59 Å². The molecule has 7 nitrogen and oxygen atoms in total. The van der Waals surface area contributed by atoms with Crippen molar-refractivity contribution in [3.05, 3.63) is 34.7 Å². The Labute approximate surface area is 160 Å². The quantitative estimate of drug-likeness (QED) is 0.804. The van der Waals surface area contributed by atoms with Crippen molar-refractivity contribution in [3.63, 3.8) is 0 Å². The van der Waals surface area contributed by atoms with Gasteiger partial charge >= 0.3 is 11.7 Å². The number of carbonyl (C=O) groups excluding carboxylic acids is 1. The van der Waals surface area contributed by atoms with Crippen molar-refractivity contribution >= 4 is 17.1 Å². The molecule has 3 rings (SSSR count). The summed E-state index contributed by atoms with van der Waals surface area (Å²) in [5.41, 5.74) is 1.18. The second-order valence-electron chi connectivity index (χ2n) is 7.12. The van der Waals surface area contributed by atoms with Gasteiger partial charge in [-0.1, -0.05) is 25.5 Å². The predicted octanol–water partition coefficient (Wildman–Crippen LogP) is 1.80. The first-order valence-electron chi connectivity index (χ1n) is 10.1. The Balaban J connectivity index is 1.54. The van der Waals surface area contributed by atoms with Crippen molar-refractivity contribution in [2.75, 3.05) is 45.8 Å². The SMILES string of the molecule is CCCCN1CCN(CCNC(=O)n2c(=O)n(CC)c3ccccc32)CC1. The van der Waals surface area contributed by atoms with Gasteiger partial charge in [-0.15, -0.1) is 0 Å². The highest BCUT2D eigenvalue weighted by atomic mass is 16.2. The zero-order valence-electron chi connectivity index (χ0n) is 16.5. The van der Waals surface area contributed by atoms with Gasteiger partial charge < -0.3 is 10.2 Å². The zero-order valence-corrected chi connectivity index (χ0v) is 16.5. The molecule has 1 N–H and O–H groups in total. The smallest absolute Gasteiger partial charge is 0.336 e. The summed E-state index contributed by atoms with van der Waals surface area (Å²) in [5.74, 6) is 0. The maximum absolute atomic E-state index is 12.6. The van der Waals surface area contributed by atoms with E-state index in [0.29, 0.717) is 18.6 Å². The summed E-state index contributed by atoms with van der Waals surface area (Å²) in [7, 11) is 0. The summed E-state index contributed by atoms with van der Waals surface area (Å²) in [5, 5.41) is 2.92. The van der Waals surface area contributed by atoms with Crippen LogP contribution in [0.1, 0.15) is 26.7 Å². The molecule has 1 fully saturated rings. The molecule has 0 unspecified atom stereocenters. The molecule has 0 radical (unpaired) electrons. The average Bonchev–Trinajstić information content (AvgIpc) is 2.98. The first-order valence-corrected chi connectivity index (χ1v) is 10.1. The van der Waals surface area contributed by atoms with Gasteiger partial charge in [-0.05, 0) is 32.0 Å². The van der Waals surface area contributed by atoms with Crippen LogP contribution < -0.4 is 11.0 Å². The molecule has 1 aromatic heterocycles. The van der Waals surface area contributed by atoms with Gasteiger partial charge in [0.15, 0.2) is 0 Å². The maximum Gasteiger partial charge on any atom is 0.337 e. The van der Waals surface area contributed by atoms with Gasteiger partial charge in [0.05, 0.1) is 11.0 Å². The molecule has 1 aliphatic heterocycles. The highest BCUT2D eigenvalue weighted by Gasteiger charge is 2.19. The van der Waals surface area contributed by atoms with Crippen LogP contribution >= 0.6 is 0 Å². The van der Waals surface area contributed by atoms with Gasteiger partial charge in [-0.25, -0.2) is 14.2 Å². The highest BCUT2D eigenvalue weighted by molar-refractivity contribution is 5.89. The van der Waals surface area contributed by atoms with Crippen molar-refractivity contribution in [1.82, 2.24) is 24.3 Å². The number of nitrogens with one attached hydrogen (secondary N) is 1. The lowest BCUT2D eigenvalue weighted by molar-refractivity contribution is 0.132. The molecular formula is C20H31N5O2. The number of nitrogens with zero attached hydrogens (tertiary/aromatic N) is 4. The van der Waals surface area contributed by atoms with Crippen LogP contribution in [0.5, 0.6) is 0 Å². The Morgan fingerprint density at radius 3 is 2.26 bits per heavy atom. The summed E-state index contributed by atoms with van der Waals surface area (Å²) in [6, 6.07) is 7.09. The van der Waals surface area contributed by atoms with Crippen molar-refractivity contribution in [2.24, 2.45) is 0 Å². The number of hydrogen-bond donors (Lipinski definition) is 1. The van der Waals surface area contributed by atoms with Crippen LogP contribution in [0.3, 0.4) is 0 Å². The van der Waals surface area contributed by atoms with Crippen LogP contribution in [0.25, 0.3) is 11.0 Å². The van der Waals surface area contributed by atoms with Crippen LogP contribution in [0, 0.1) is 0 Å². The zero-order chi connectivity index (χ0) is 19.2.